The molecule has 0 aliphatic carbocycles. The van der Waals surface area contributed by atoms with Crippen LogP contribution in [0.4, 0.5) is 0 Å². The van der Waals surface area contributed by atoms with Gasteiger partial charge in [0, 0.05) is 12.0 Å². The van der Waals surface area contributed by atoms with Crippen molar-refractivity contribution in [1.29, 1.82) is 0 Å². The minimum Gasteiger partial charge on any atom is -0.496 e. The monoisotopic (exact) mass is 304 g/mol. The normalized spacial score (nSPS) is 19.5. The third kappa shape index (κ3) is 3.59. The maximum Gasteiger partial charge on any atom is 0.243 e. The minimum atomic E-state index is -0.438. The fourth-order valence-electron chi connectivity index (χ4n) is 2.72. The Morgan fingerprint density at radius 1 is 1.36 bits per heavy atom. The van der Waals surface area contributed by atoms with Crippen molar-refractivity contribution in [3.05, 3.63) is 29.8 Å². The van der Waals surface area contributed by atoms with Crippen LogP contribution in [0.5, 0.6) is 5.75 Å². The Morgan fingerprint density at radius 2 is 2.05 bits per heavy atom. The van der Waals surface area contributed by atoms with E-state index in [1.807, 2.05) is 24.3 Å². The van der Waals surface area contributed by atoms with Crippen molar-refractivity contribution in [3.8, 4) is 5.75 Å². The molecule has 0 bridgehead atoms. The van der Waals surface area contributed by atoms with E-state index >= 15 is 0 Å². The Morgan fingerprint density at radius 3 is 2.59 bits per heavy atom. The van der Waals surface area contributed by atoms with Crippen molar-refractivity contribution < 1.29 is 14.3 Å². The zero-order valence-corrected chi connectivity index (χ0v) is 13.6. The van der Waals surface area contributed by atoms with Gasteiger partial charge >= 0.3 is 0 Å². The Kier molecular flexibility index (Phi) is 4.74. The van der Waals surface area contributed by atoms with E-state index in [-0.39, 0.29) is 23.3 Å². The maximum absolute atomic E-state index is 12.5. The van der Waals surface area contributed by atoms with Crippen molar-refractivity contribution in [2.24, 2.45) is 5.41 Å². The van der Waals surface area contributed by atoms with Crippen LogP contribution >= 0.6 is 0 Å². The van der Waals surface area contributed by atoms with Gasteiger partial charge in [-0.3, -0.25) is 9.59 Å². The molecule has 1 aromatic carbocycles. The van der Waals surface area contributed by atoms with Crippen LogP contribution in [0.25, 0.3) is 0 Å². The molecule has 1 heterocycles. The van der Waals surface area contributed by atoms with Gasteiger partial charge in [0.1, 0.15) is 11.8 Å². The lowest BCUT2D eigenvalue weighted by Crippen LogP contribution is -2.46. The Hall–Kier alpha value is -2.04. The van der Waals surface area contributed by atoms with Crippen LogP contribution in [0.3, 0.4) is 0 Å². The smallest absolute Gasteiger partial charge is 0.243 e. The number of methoxy groups -OCH3 is 1. The van der Waals surface area contributed by atoms with E-state index < -0.39 is 6.04 Å². The summed E-state index contributed by atoms with van der Waals surface area (Å²) in [5.74, 6) is 0.541. The summed E-state index contributed by atoms with van der Waals surface area (Å²) in [7, 11) is 1.62. The lowest BCUT2D eigenvalue weighted by atomic mass is 9.81. The molecule has 5 heteroatoms. The quantitative estimate of drug-likeness (QED) is 0.896. The molecule has 0 radical (unpaired) electrons. The van der Waals surface area contributed by atoms with E-state index in [4.69, 9.17) is 4.74 Å². The fourth-order valence-corrected chi connectivity index (χ4v) is 2.72. The van der Waals surface area contributed by atoms with E-state index in [9.17, 15) is 9.59 Å². The largest absolute Gasteiger partial charge is 0.496 e. The third-order valence-corrected chi connectivity index (χ3v) is 3.91. The Balaban J connectivity index is 2.24. The third-order valence-electron chi connectivity index (χ3n) is 3.91. The van der Waals surface area contributed by atoms with Crippen LogP contribution in [-0.2, 0) is 9.59 Å². The standard InChI is InChI=1S/C17H24N2O3/c1-17(2,3)15(11-7-5-6-8-13(11)22-4)19-16(21)12-9-10-14(20)18-12/h5-8,12,15H,9-10H2,1-4H3,(H,18,20)(H,19,21)/t12-,15-/m1/s1. The highest BCUT2D eigenvalue weighted by molar-refractivity contribution is 5.91. The van der Waals surface area contributed by atoms with Crippen LogP contribution in [0.15, 0.2) is 24.3 Å². The number of para-hydroxylation sites is 1. The van der Waals surface area contributed by atoms with Crippen LogP contribution in [0.1, 0.15) is 45.2 Å². The first-order chi connectivity index (χ1) is 10.3. The van der Waals surface area contributed by atoms with Crippen molar-refractivity contribution >= 4 is 11.8 Å². The lowest BCUT2D eigenvalue weighted by Gasteiger charge is -2.33. The van der Waals surface area contributed by atoms with E-state index in [1.54, 1.807) is 7.11 Å². The van der Waals surface area contributed by atoms with Crippen molar-refractivity contribution in [1.82, 2.24) is 10.6 Å². The average molecular weight is 304 g/mol. The summed E-state index contributed by atoms with van der Waals surface area (Å²) in [5.41, 5.74) is 0.752. The van der Waals surface area contributed by atoms with Crippen molar-refractivity contribution in [3.63, 3.8) is 0 Å². The van der Waals surface area contributed by atoms with Gasteiger partial charge in [0.2, 0.25) is 11.8 Å². The van der Waals surface area contributed by atoms with Crippen LogP contribution in [0, 0.1) is 5.41 Å². The first kappa shape index (κ1) is 16.3. The number of hydrogen-bond acceptors (Lipinski definition) is 3. The van der Waals surface area contributed by atoms with Gasteiger partial charge in [0.25, 0.3) is 0 Å². The highest BCUT2D eigenvalue weighted by Crippen LogP contribution is 2.37. The molecule has 0 unspecified atom stereocenters. The predicted molar refractivity (Wildman–Crippen MR) is 84.5 cm³/mol. The molecule has 1 fully saturated rings. The van der Waals surface area contributed by atoms with Crippen LogP contribution in [-0.4, -0.2) is 25.0 Å². The number of carbonyl (C=O) groups excluding carboxylic acids is 2. The van der Waals surface area contributed by atoms with Crippen molar-refractivity contribution in [2.75, 3.05) is 7.11 Å². The first-order valence-corrected chi connectivity index (χ1v) is 7.55. The Labute approximate surface area is 131 Å². The van der Waals surface area contributed by atoms with Gasteiger partial charge in [0.05, 0.1) is 13.2 Å². The SMILES string of the molecule is COc1ccccc1[C@@H](NC(=O)[C@H]1CCC(=O)N1)C(C)(C)C. The van der Waals surface area contributed by atoms with Gasteiger partial charge < -0.3 is 15.4 Å². The van der Waals surface area contributed by atoms with Crippen LogP contribution in [0.2, 0.25) is 0 Å². The second kappa shape index (κ2) is 6.38. The summed E-state index contributed by atoms with van der Waals surface area (Å²) in [6, 6.07) is 7.04. The minimum absolute atomic E-state index is 0.0650. The van der Waals surface area contributed by atoms with E-state index in [2.05, 4.69) is 31.4 Å². The molecule has 1 aliphatic rings. The van der Waals surface area contributed by atoms with Crippen molar-refractivity contribution in [2.45, 2.75) is 45.7 Å². The average Bonchev–Trinajstić information content (AvgIpc) is 2.90. The molecule has 2 N–H and O–H groups in total. The molecular weight excluding hydrogens is 280 g/mol. The second-order valence-corrected chi connectivity index (χ2v) is 6.71. The summed E-state index contributed by atoms with van der Waals surface area (Å²) >= 11 is 0. The molecule has 1 aliphatic heterocycles. The van der Waals surface area contributed by atoms with E-state index in [0.717, 1.165) is 11.3 Å². The second-order valence-electron chi connectivity index (χ2n) is 6.71. The molecule has 1 saturated heterocycles. The summed E-state index contributed by atoms with van der Waals surface area (Å²) in [4.78, 5) is 23.8. The number of nitrogens with one attached hydrogen (secondary N) is 2. The molecule has 2 amide bonds. The number of hydrogen-bond donors (Lipinski definition) is 2. The number of rotatable bonds is 4. The molecule has 0 aromatic heterocycles. The molecule has 5 nitrogen and oxygen atoms in total. The van der Waals surface area contributed by atoms with E-state index in [1.165, 1.54) is 0 Å². The highest BCUT2D eigenvalue weighted by atomic mass is 16.5. The van der Waals surface area contributed by atoms with Gasteiger partial charge in [-0.2, -0.15) is 0 Å². The summed E-state index contributed by atoms with van der Waals surface area (Å²) in [5, 5.41) is 5.79. The molecule has 1 aromatic rings. The van der Waals surface area contributed by atoms with Gasteiger partial charge in [-0.05, 0) is 17.9 Å². The summed E-state index contributed by atoms with van der Waals surface area (Å²) < 4.78 is 5.42. The maximum atomic E-state index is 12.5. The van der Waals surface area contributed by atoms with E-state index in [0.29, 0.717) is 12.8 Å². The highest BCUT2D eigenvalue weighted by Gasteiger charge is 2.34. The number of ether oxygens (including phenoxy) is 1. The van der Waals surface area contributed by atoms with Gasteiger partial charge in [-0.25, -0.2) is 0 Å². The molecule has 0 saturated carbocycles. The number of benzene rings is 1. The Bertz CT molecular complexity index is 563. The molecule has 2 rings (SSSR count). The van der Waals surface area contributed by atoms with Crippen LogP contribution < -0.4 is 15.4 Å². The predicted octanol–water partition coefficient (Wildman–Crippen LogP) is 2.18. The lowest BCUT2D eigenvalue weighted by molar-refractivity contribution is -0.126. The number of carbonyl (C=O) groups is 2. The molecule has 0 spiro atoms. The van der Waals surface area contributed by atoms with Gasteiger partial charge in [-0.1, -0.05) is 39.0 Å². The van der Waals surface area contributed by atoms with Gasteiger partial charge in [0.15, 0.2) is 0 Å². The molecular formula is C17H24N2O3. The zero-order chi connectivity index (χ0) is 16.3. The zero-order valence-electron chi connectivity index (χ0n) is 13.6. The molecule has 120 valence electrons. The summed E-state index contributed by atoms with van der Waals surface area (Å²) in [6.45, 7) is 6.20. The fraction of sp³-hybridized carbons (Fsp3) is 0.529. The topological polar surface area (TPSA) is 67.4 Å². The number of amides is 2. The van der Waals surface area contributed by atoms with Gasteiger partial charge in [-0.15, -0.1) is 0 Å². The summed E-state index contributed by atoms with van der Waals surface area (Å²) in [6.07, 6.45) is 0.959. The molecule has 22 heavy (non-hydrogen) atoms. The molecule has 2 atom stereocenters. The first-order valence-electron chi connectivity index (χ1n) is 7.55.